The monoisotopic (exact) mass is 618 g/mol. The Labute approximate surface area is 247 Å². The summed E-state index contributed by atoms with van der Waals surface area (Å²) in [5, 5.41) is 17.7. The third-order valence-electron chi connectivity index (χ3n) is 6.51. The molecule has 0 spiro atoms. The van der Waals surface area contributed by atoms with Crippen molar-refractivity contribution in [2.24, 2.45) is 0 Å². The number of carboxylic acids is 1. The first-order valence-corrected chi connectivity index (χ1v) is 15.0. The molecule has 216 valence electrons. The Kier molecular flexibility index (Phi) is 9.87. The summed E-state index contributed by atoms with van der Waals surface area (Å²) < 4.78 is 27.8. The minimum atomic E-state index is -3.84. The number of hydrogen-bond acceptors (Lipinski definition) is 5. The Morgan fingerprint density at radius 1 is 0.854 bits per heavy atom. The maximum atomic E-state index is 13.2. The van der Waals surface area contributed by atoms with Crippen LogP contribution < -0.4 is 16.0 Å². The van der Waals surface area contributed by atoms with Crippen LogP contribution in [0.15, 0.2) is 71.6 Å². The fraction of sp³-hybridized carbons (Fsp3) is 0.250. The number of nitrogens with one attached hydrogen (secondary N) is 3. The van der Waals surface area contributed by atoms with Crippen LogP contribution in [-0.2, 0) is 21.2 Å². The number of piperidine rings is 1. The zero-order chi connectivity index (χ0) is 29.6. The first-order valence-electron chi connectivity index (χ1n) is 12.8. The molecule has 0 aliphatic carbocycles. The molecule has 4 rings (SSSR count). The molecule has 0 radical (unpaired) electrons. The number of carbonyl (C=O) groups is 3. The molecule has 0 unspecified atom stereocenters. The lowest BCUT2D eigenvalue weighted by Crippen LogP contribution is -2.44. The first kappa shape index (κ1) is 30.3. The SMILES string of the molecule is O=C(Nc1ccccc1S(=O)(=O)N1CCCCC1)N[C@@H](Cc1ccc(NC(=O)c2c(Cl)cccc2Cl)cc1)C(=O)O. The van der Waals surface area contributed by atoms with Crippen LogP contribution in [0.25, 0.3) is 0 Å². The van der Waals surface area contributed by atoms with E-state index in [0.29, 0.717) is 24.3 Å². The van der Waals surface area contributed by atoms with Crippen LogP contribution in [0.2, 0.25) is 10.0 Å². The number of aliphatic carboxylic acids is 1. The van der Waals surface area contributed by atoms with E-state index in [1.165, 1.54) is 16.4 Å². The quantitative estimate of drug-likeness (QED) is 0.258. The van der Waals surface area contributed by atoms with Crippen LogP contribution in [0.3, 0.4) is 0 Å². The summed E-state index contributed by atoms with van der Waals surface area (Å²) in [4.78, 5) is 37.3. The van der Waals surface area contributed by atoms with Gasteiger partial charge in [0.05, 0.1) is 21.3 Å². The zero-order valence-corrected chi connectivity index (χ0v) is 24.1. The number of anilines is 2. The summed E-state index contributed by atoms with van der Waals surface area (Å²) in [5.41, 5.74) is 1.18. The molecule has 1 heterocycles. The maximum absolute atomic E-state index is 13.2. The predicted molar refractivity (Wildman–Crippen MR) is 157 cm³/mol. The molecule has 1 aliphatic rings. The molecular formula is C28H28Cl2N4O6S. The first-order chi connectivity index (χ1) is 19.6. The second-order valence-electron chi connectivity index (χ2n) is 9.40. The van der Waals surface area contributed by atoms with Crippen molar-refractivity contribution in [2.75, 3.05) is 23.7 Å². The molecule has 0 bridgehead atoms. The van der Waals surface area contributed by atoms with Gasteiger partial charge in [0.1, 0.15) is 10.9 Å². The van der Waals surface area contributed by atoms with Gasteiger partial charge in [0.2, 0.25) is 10.0 Å². The third-order valence-corrected chi connectivity index (χ3v) is 9.10. The number of rotatable bonds is 9. The van der Waals surface area contributed by atoms with Crippen molar-refractivity contribution in [2.45, 2.75) is 36.6 Å². The van der Waals surface area contributed by atoms with Gasteiger partial charge in [0, 0.05) is 25.2 Å². The number of benzene rings is 3. The lowest BCUT2D eigenvalue weighted by molar-refractivity contribution is -0.139. The molecule has 0 aromatic heterocycles. The lowest BCUT2D eigenvalue weighted by atomic mass is 10.1. The molecule has 3 aromatic rings. The van der Waals surface area contributed by atoms with Crippen LogP contribution in [0.4, 0.5) is 16.2 Å². The predicted octanol–water partition coefficient (Wildman–Crippen LogP) is 5.24. The smallest absolute Gasteiger partial charge is 0.326 e. The zero-order valence-electron chi connectivity index (χ0n) is 21.8. The number of carbonyl (C=O) groups excluding carboxylic acids is 2. The van der Waals surface area contributed by atoms with E-state index in [0.717, 1.165) is 19.3 Å². The van der Waals surface area contributed by atoms with E-state index in [2.05, 4.69) is 16.0 Å². The summed E-state index contributed by atoms with van der Waals surface area (Å²) in [5.74, 6) is -1.78. The van der Waals surface area contributed by atoms with Gasteiger partial charge in [0.25, 0.3) is 5.91 Å². The number of hydrogen-bond donors (Lipinski definition) is 4. The molecule has 0 saturated carbocycles. The minimum Gasteiger partial charge on any atom is -0.480 e. The van der Waals surface area contributed by atoms with Crippen molar-refractivity contribution in [3.8, 4) is 0 Å². The Morgan fingerprint density at radius 2 is 1.49 bits per heavy atom. The van der Waals surface area contributed by atoms with E-state index in [-0.39, 0.29) is 32.6 Å². The number of sulfonamides is 1. The molecule has 10 nitrogen and oxygen atoms in total. The highest BCUT2D eigenvalue weighted by Crippen LogP contribution is 2.27. The topological polar surface area (TPSA) is 145 Å². The van der Waals surface area contributed by atoms with Crippen LogP contribution in [-0.4, -0.2) is 54.9 Å². The average molecular weight is 620 g/mol. The second kappa shape index (κ2) is 13.3. The molecule has 13 heteroatoms. The highest BCUT2D eigenvalue weighted by atomic mass is 35.5. The molecule has 1 fully saturated rings. The van der Waals surface area contributed by atoms with Crippen LogP contribution in [0.5, 0.6) is 0 Å². The van der Waals surface area contributed by atoms with Crippen LogP contribution in [0.1, 0.15) is 35.2 Å². The van der Waals surface area contributed by atoms with Gasteiger partial charge in [-0.15, -0.1) is 0 Å². The van der Waals surface area contributed by atoms with Gasteiger partial charge in [-0.3, -0.25) is 4.79 Å². The molecular weight excluding hydrogens is 591 g/mol. The average Bonchev–Trinajstić information content (AvgIpc) is 2.94. The van der Waals surface area contributed by atoms with Crippen molar-refractivity contribution >= 4 is 62.5 Å². The van der Waals surface area contributed by atoms with Gasteiger partial charge < -0.3 is 21.1 Å². The largest absolute Gasteiger partial charge is 0.480 e. The van der Waals surface area contributed by atoms with Gasteiger partial charge in [-0.2, -0.15) is 4.31 Å². The van der Waals surface area contributed by atoms with Crippen molar-refractivity contribution in [1.82, 2.24) is 9.62 Å². The van der Waals surface area contributed by atoms with Gasteiger partial charge in [-0.1, -0.05) is 60.0 Å². The number of para-hydroxylation sites is 1. The van der Waals surface area contributed by atoms with E-state index >= 15 is 0 Å². The Balaban J connectivity index is 1.41. The van der Waals surface area contributed by atoms with Gasteiger partial charge in [0.15, 0.2) is 0 Å². The molecule has 1 atom stereocenters. The standard InChI is InChI=1S/C28H28Cl2N4O6S/c29-20-7-6-8-21(30)25(20)26(35)31-19-13-11-18(12-14-19)17-23(27(36)37)33-28(38)32-22-9-2-3-10-24(22)41(39,40)34-15-4-1-5-16-34/h2-3,6-14,23H,1,4-5,15-17H2,(H,31,35)(H,36,37)(H2,32,33,38)/t23-/m0/s1. The number of amides is 3. The van der Waals surface area contributed by atoms with E-state index in [1.807, 2.05) is 0 Å². The minimum absolute atomic E-state index is 0.0541. The molecule has 1 aliphatic heterocycles. The Hall–Kier alpha value is -3.64. The van der Waals surface area contributed by atoms with E-state index in [9.17, 15) is 27.9 Å². The molecule has 1 saturated heterocycles. The van der Waals surface area contributed by atoms with E-state index < -0.39 is 34.0 Å². The number of carboxylic acid groups (broad SMARTS) is 1. The number of urea groups is 1. The fourth-order valence-electron chi connectivity index (χ4n) is 4.42. The van der Waals surface area contributed by atoms with Crippen molar-refractivity contribution in [3.05, 3.63) is 87.9 Å². The lowest BCUT2D eigenvalue weighted by Gasteiger charge is -2.27. The molecule has 3 amide bonds. The number of halogens is 2. The third kappa shape index (κ3) is 7.56. The summed E-state index contributed by atoms with van der Waals surface area (Å²) in [6.07, 6.45) is 2.41. The van der Waals surface area contributed by atoms with E-state index in [4.69, 9.17) is 23.2 Å². The fourth-order valence-corrected chi connectivity index (χ4v) is 6.66. The highest BCUT2D eigenvalue weighted by Gasteiger charge is 2.29. The summed E-state index contributed by atoms with van der Waals surface area (Å²) >= 11 is 12.2. The maximum Gasteiger partial charge on any atom is 0.326 e. The van der Waals surface area contributed by atoms with Gasteiger partial charge in [-0.25, -0.2) is 18.0 Å². The molecule has 3 aromatic carbocycles. The molecule has 4 N–H and O–H groups in total. The molecule has 41 heavy (non-hydrogen) atoms. The Morgan fingerprint density at radius 3 is 2.12 bits per heavy atom. The summed E-state index contributed by atoms with van der Waals surface area (Å²) in [6, 6.07) is 14.9. The van der Waals surface area contributed by atoms with Crippen LogP contribution >= 0.6 is 23.2 Å². The van der Waals surface area contributed by atoms with Crippen molar-refractivity contribution in [1.29, 1.82) is 0 Å². The highest BCUT2D eigenvalue weighted by molar-refractivity contribution is 7.89. The normalized spacial score (nSPS) is 14.6. The Bertz CT molecular complexity index is 1520. The van der Waals surface area contributed by atoms with Crippen molar-refractivity contribution in [3.63, 3.8) is 0 Å². The van der Waals surface area contributed by atoms with Crippen LogP contribution in [0, 0.1) is 0 Å². The van der Waals surface area contributed by atoms with Gasteiger partial charge in [-0.05, 0) is 54.8 Å². The summed E-state index contributed by atoms with van der Waals surface area (Å²) in [7, 11) is -3.84. The van der Waals surface area contributed by atoms with E-state index in [1.54, 1.807) is 54.6 Å². The van der Waals surface area contributed by atoms with Gasteiger partial charge >= 0.3 is 12.0 Å². The van der Waals surface area contributed by atoms with Crippen molar-refractivity contribution < 1.29 is 27.9 Å². The number of nitrogens with zero attached hydrogens (tertiary/aromatic N) is 1. The summed E-state index contributed by atoms with van der Waals surface area (Å²) in [6.45, 7) is 0.806. The second-order valence-corrected chi connectivity index (χ2v) is 12.1.